The number of halogens is 3. The molecule has 2 aromatic carbocycles. The van der Waals surface area contributed by atoms with Gasteiger partial charge >= 0.3 is 6.18 Å². The predicted molar refractivity (Wildman–Crippen MR) is 76.5 cm³/mol. The van der Waals surface area contributed by atoms with E-state index in [-0.39, 0.29) is 5.56 Å². The van der Waals surface area contributed by atoms with Gasteiger partial charge in [0, 0.05) is 11.3 Å². The largest absolute Gasteiger partial charge is 0.416 e. The van der Waals surface area contributed by atoms with Gasteiger partial charge in [-0.2, -0.15) is 13.2 Å². The van der Waals surface area contributed by atoms with E-state index in [1.54, 1.807) is 31.2 Å². The molecule has 116 valence electrons. The summed E-state index contributed by atoms with van der Waals surface area (Å²) in [6, 6.07) is 10.7. The monoisotopic (exact) mass is 309 g/mol. The van der Waals surface area contributed by atoms with E-state index in [1.807, 2.05) is 0 Å². The van der Waals surface area contributed by atoms with Crippen LogP contribution in [0.3, 0.4) is 0 Å². The first-order valence-electron chi connectivity index (χ1n) is 6.54. The Kier molecular flexibility index (Phi) is 4.51. The Morgan fingerprint density at radius 1 is 1.14 bits per heavy atom. The highest BCUT2D eigenvalue weighted by molar-refractivity contribution is 6.04. The second-order valence-corrected chi connectivity index (χ2v) is 4.83. The molecule has 1 atom stereocenters. The van der Waals surface area contributed by atoms with Gasteiger partial charge in [-0.3, -0.25) is 4.79 Å². The second-order valence-electron chi connectivity index (χ2n) is 4.83. The van der Waals surface area contributed by atoms with Crippen LogP contribution in [0.5, 0.6) is 0 Å². The highest BCUT2D eigenvalue weighted by Gasteiger charge is 2.30. The Balaban J connectivity index is 2.21. The first-order valence-corrected chi connectivity index (χ1v) is 6.54. The van der Waals surface area contributed by atoms with E-state index in [0.717, 1.165) is 12.1 Å². The third kappa shape index (κ3) is 3.85. The van der Waals surface area contributed by atoms with Crippen molar-refractivity contribution in [3.8, 4) is 0 Å². The molecule has 0 fully saturated rings. The average Bonchev–Trinajstić information content (AvgIpc) is 2.46. The molecule has 0 spiro atoms. The first kappa shape index (κ1) is 16.0. The minimum absolute atomic E-state index is 0.0859. The number of amides is 1. The molecule has 2 rings (SSSR count). The van der Waals surface area contributed by atoms with Gasteiger partial charge in [-0.1, -0.05) is 18.2 Å². The van der Waals surface area contributed by atoms with Crippen LogP contribution < -0.4 is 5.32 Å². The molecular formula is C16H14F3NO2. The fourth-order valence-electron chi connectivity index (χ4n) is 1.92. The lowest BCUT2D eigenvalue weighted by Gasteiger charge is -2.11. The Labute approximate surface area is 125 Å². The van der Waals surface area contributed by atoms with Crippen LogP contribution in [-0.4, -0.2) is 11.0 Å². The number of carbonyl (C=O) groups is 1. The van der Waals surface area contributed by atoms with Crippen molar-refractivity contribution < 1.29 is 23.1 Å². The highest BCUT2D eigenvalue weighted by atomic mass is 19.4. The zero-order valence-corrected chi connectivity index (χ0v) is 11.7. The van der Waals surface area contributed by atoms with Crippen LogP contribution in [-0.2, 0) is 6.18 Å². The van der Waals surface area contributed by atoms with Crippen LogP contribution in [0, 0.1) is 0 Å². The van der Waals surface area contributed by atoms with Crippen LogP contribution in [0.4, 0.5) is 18.9 Å². The van der Waals surface area contributed by atoms with Crippen LogP contribution in [0.15, 0.2) is 48.5 Å². The van der Waals surface area contributed by atoms with Gasteiger partial charge in [-0.25, -0.2) is 0 Å². The van der Waals surface area contributed by atoms with E-state index >= 15 is 0 Å². The molecule has 0 radical (unpaired) electrons. The Bertz CT molecular complexity index is 681. The van der Waals surface area contributed by atoms with Crippen molar-refractivity contribution in [1.29, 1.82) is 0 Å². The van der Waals surface area contributed by atoms with Crippen molar-refractivity contribution in [2.45, 2.75) is 19.2 Å². The van der Waals surface area contributed by atoms with E-state index in [9.17, 15) is 23.1 Å². The summed E-state index contributed by atoms with van der Waals surface area (Å²) in [6.45, 7) is 1.58. The van der Waals surface area contributed by atoms with Crippen molar-refractivity contribution in [2.75, 3.05) is 5.32 Å². The molecule has 0 aromatic heterocycles. The maximum absolute atomic E-state index is 12.6. The van der Waals surface area contributed by atoms with Gasteiger partial charge in [-0.15, -0.1) is 0 Å². The lowest BCUT2D eigenvalue weighted by Crippen LogP contribution is -2.14. The standard InChI is InChI=1S/C16H14F3NO2/c1-10(21)11-4-3-7-14(9-11)20-15(22)12-5-2-6-13(8-12)16(17,18)19/h2-10,21H,1H3,(H,20,22)/t10-/m1/s1. The van der Waals surface area contributed by atoms with E-state index in [4.69, 9.17) is 0 Å². The molecule has 3 nitrogen and oxygen atoms in total. The summed E-state index contributed by atoms with van der Waals surface area (Å²) in [7, 11) is 0. The molecule has 0 aliphatic rings. The van der Waals surface area contributed by atoms with Gasteiger partial charge < -0.3 is 10.4 Å². The highest BCUT2D eigenvalue weighted by Crippen LogP contribution is 2.29. The predicted octanol–water partition coefficient (Wildman–Crippen LogP) is 4.01. The first-order chi connectivity index (χ1) is 10.3. The molecule has 22 heavy (non-hydrogen) atoms. The number of nitrogens with one attached hydrogen (secondary N) is 1. The van der Waals surface area contributed by atoms with E-state index in [0.29, 0.717) is 11.3 Å². The van der Waals surface area contributed by atoms with Crippen molar-refractivity contribution >= 4 is 11.6 Å². The van der Waals surface area contributed by atoms with Gasteiger partial charge in [-0.05, 0) is 42.8 Å². The van der Waals surface area contributed by atoms with Crippen molar-refractivity contribution in [2.24, 2.45) is 0 Å². The number of benzene rings is 2. The minimum atomic E-state index is -4.50. The summed E-state index contributed by atoms with van der Waals surface area (Å²) in [5.74, 6) is -0.645. The zero-order chi connectivity index (χ0) is 16.3. The van der Waals surface area contributed by atoms with E-state index in [2.05, 4.69) is 5.32 Å². The van der Waals surface area contributed by atoms with Crippen molar-refractivity contribution in [3.05, 3.63) is 65.2 Å². The van der Waals surface area contributed by atoms with E-state index in [1.165, 1.54) is 12.1 Å². The van der Waals surface area contributed by atoms with Gasteiger partial charge in [0.25, 0.3) is 5.91 Å². The normalized spacial score (nSPS) is 12.8. The molecule has 0 heterocycles. The number of aliphatic hydroxyl groups is 1. The Morgan fingerprint density at radius 2 is 1.82 bits per heavy atom. The van der Waals surface area contributed by atoms with Crippen LogP contribution in [0.1, 0.15) is 34.5 Å². The fraction of sp³-hybridized carbons (Fsp3) is 0.188. The molecule has 2 aromatic rings. The third-order valence-electron chi connectivity index (χ3n) is 3.08. The molecule has 0 saturated carbocycles. The number of rotatable bonds is 3. The summed E-state index contributed by atoms with van der Waals surface area (Å²) in [5, 5.41) is 12.0. The molecule has 0 aliphatic heterocycles. The maximum Gasteiger partial charge on any atom is 0.416 e. The number of anilines is 1. The minimum Gasteiger partial charge on any atom is -0.389 e. The Morgan fingerprint density at radius 3 is 2.45 bits per heavy atom. The SMILES string of the molecule is C[C@@H](O)c1cccc(NC(=O)c2cccc(C(F)(F)F)c2)c1. The van der Waals surface area contributed by atoms with Gasteiger partial charge in [0.15, 0.2) is 0 Å². The number of carbonyl (C=O) groups excluding carboxylic acids is 1. The fourth-order valence-corrected chi connectivity index (χ4v) is 1.92. The molecule has 0 saturated heterocycles. The second kappa shape index (κ2) is 6.19. The Hall–Kier alpha value is -2.34. The van der Waals surface area contributed by atoms with Gasteiger partial charge in [0.05, 0.1) is 11.7 Å². The molecule has 2 N–H and O–H groups in total. The molecular weight excluding hydrogens is 295 g/mol. The lowest BCUT2D eigenvalue weighted by molar-refractivity contribution is -0.137. The summed E-state index contributed by atoms with van der Waals surface area (Å²) in [6.07, 6.45) is -5.20. The summed E-state index contributed by atoms with van der Waals surface area (Å²) >= 11 is 0. The number of hydrogen-bond acceptors (Lipinski definition) is 2. The number of aliphatic hydroxyl groups excluding tert-OH is 1. The summed E-state index contributed by atoms with van der Waals surface area (Å²) in [5.41, 5.74) is 0.0396. The molecule has 6 heteroatoms. The molecule has 0 aliphatic carbocycles. The van der Waals surface area contributed by atoms with Crippen molar-refractivity contribution in [3.63, 3.8) is 0 Å². The zero-order valence-electron chi connectivity index (χ0n) is 11.7. The molecule has 1 amide bonds. The third-order valence-corrected chi connectivity index (χ3v) is 3.08. The summed E-state index contributed by atoms with van der Waals surface area (Å²) in [4.78, 5) is 12.0. The smallest absolute Gasteiger partial charge is 0.389 e. The van der Waals surface area contributed by atoms with Gasteiger partial charge in [0.1, 0.15) is 0 Å². The number of hydrogen-bond donors (Lipinski definition) is 2. The van der Waals surface area contributed by atoms with E-state index < -0.39 is 23.8 Å². The van der Waals surface area contributed by atoms with Gasteiger partial charge in [0.2, 0.25) is 0 Å². The van der Waals surface area contributed by atoms with Crippen molar-refractivity contribution in [1.82, 2.24) is 0 Å². The average molecular weight is 309 g/mol. The van der Waals surface area contributed by atoms with Crippen LogP contribution in [0.2, 0.25) is 0 Å². The molecule has 0 bridgehead atoms. The van der Waals surface area contributed by atoms with Crippen LogP contribution >= 0.6 is 0 Å². The lowest BCUT2D eigenvalue weighted by atomic mass is 10.1. The van der Waals surface area contributed by atoms with Crippen LogP contribution in [0.25, 0.3) is 0 Å². The quantitative estimate of drug-likeness (QED) is 0.900. The maximum atomic E-state index is 12.6. The molecule has 0 unspecified atom stereocenters. The number of alkyl halides is 3. The topological polar surface area (TPSA) is 49.3 Å². The summed E-state index contributed by atoms with van der Waals surface area (Å²) < 4.78 is 37.9.